The lowest BCUT2D eigenvalue weighted by Crippen LogP contribution is -2.38. The molecule has 0 bridgehead atoms. The lowest BCUT2D eigenvalue weighted by molar-refractivity contribution is -0.124. The van der Waals surface area contributed by atoms with Crippen molar-refractivity contribution in [3.05, 3.63) is 64.7 Å². The minimum Gasteiger partial charge on any atom is -0.484 e. The van der Waals surface area contributed by atoms with Gasteiger partial charge in [0.25, 0.3) is 5.91 Å². The van der Waals surface area contributed by atoms with Gasteiger partial charge in [-0.2, -0.15) is 5.10 Å². The molecule has 6 nitrogen and oxygen atoms in total. The number of benzene rings is 2. The predicted octanol–water partition coefficient (Wildman–Crippen LogP) is 4.55. The van der Waals surface area contributed by atoms with Gasteiger partial charge in [-0.25, -0.2) is 5.43 Å². The van der Waals surface area contributed by atoms with Gasteiger partial charge in [-0.1, -0.05) is 43.0 Å². The van der Waals surface area contributed by atoms with E-state index in [2.05, 4.69) is 15.8 Å². The van der Waals surface area contributed by atoms with Crippen LogP contribution in [0.15, 0.2) is 53.6 Å². The van der Waals surface area contributed by atoms with Gasteiger partial charge >= 0.3 is 0 Å². The highest BCUT2D eigenvalue weighted by Crippen LogP contribution is 2.18. The van der Waals surface area contributed by atoms with Crippen molar-refractivity contribution in [3.63, 3.8) is 0 Å². The summed E-state index contributed by atoms with van der Waals surface area (Å²) >= 11 is 7.45. The number of carbonyl (C=O) groups excluding carboxylic acids is 2. The number of hydrogen-bond acceptors (Lipinski definition) is 5. The molecular formula is C24H28ClN3O3S. The minimum atomic E-state index is -0.169. The van der Waals surface area contributed by atoms with E-state index < -0.39 is 0 Å². The smallest absolute Gasteiger partial charge is 0.258 e. The Morgan fingerprint density at radius 3 is 2.62 bits per heavy atom. The summed E-state index contributed by atoms with van der Waals surface area (Å²) in [6, 6.07) is 15.1. The van der Waals surface area contributed by atoms with Gasteiger partial charge in [0, 0.05) is 16.8 Å². The van der Waals surface area contributed by atoms with E-state index in [1.54, 1.807) is 18.3 Å². The van der Waals surface area contributed by atoms with Crippen molar-refractivity contribution < 1.29 is 14.3 Å². The fourth-order valence-electron chi connectivity index (χ4n) is 3.41. The van der Waals surface area contributed by atoms with Crippen molar-refractivity contribution in [1.82, 2.24) is 10.7 Å². The largest absolute Gasteiger partial charge is 0.484 e. The Morgan fingerprint density at radius 1 is 1.09 bits per heavy atom. The monoisotopic (exact) mass is 473 g/mol. The number of rotatable bonds is 10. The Bertz CT molecular complexity index is 915. The summed E-state index contributed by atoms with van der Waals surface area (Å²) < 4.78 is 5.56. The predicted molar refractivity (Wildman–Crippen MR) is 130 cm³/mol. The van der Waals surface area contributed by atoms with Crippen molar-refractivity contribution in [3.8, 4) is 5.75 Å². The van der Waals surface area contributed by atoms with Crippen molar-refractivity contribution >= 4 is 41.4 Å². The highest BCUT2D eigenvalue weighted by Gasteiger charge is 2.15. The second kappa shape index (κ2) is 13.1. The molecule has 2 aromatic carbocycles. The summed E-state index contributed by atoms with van der Waals surface area (Å²) in [4.78, 5) is 23.9. The number of hydrazone groups is 1. The Hall–Kier alpha value is -2.51. The molecule has 2 amide bonds. The molecule has 0 unspecified atom stereocenters. The van der Waals surface area contributed by atoms with E-state index in [0.29, 0.717) is 22.3 Å². The van der Waals surface area contributed by atoms with Crippen molar-refractivity contribution in [1.29, 1.82) is 0 Å². The molecule has 0 spiro atoms. The zero-order valence-electron chi connectivity index (χ0n) is 17.9. The standard InChI is InChI=1S/C24H28ClN3O3S/c25-20-6-4-5-19(13-20)16-32-17-24(30)28-26-14-18-9-11-22(12-10-18)31-15-23(29)27-21-7-2-1-3-8-21/h4-6,9-14,21H,1-3,7-8,15-17H2,(H,27,29)(H,28,30)/b26-14-. The lowest BCUT2D eigenvalue weighted by Gasteiger charge is -2.22. The van der Waals surface area contributed by atoms with E-state index in [1.807, 2.05) is 36.4 Å². The highest BCUT2D eigenvalue weighted by molar-refractivity contribution is 7.99. The molecule has 1 aliphatic carbocycles. The highest BCUT2D eigenvalue weighted by atomic mass is 35.5. The van der Waals surface area contributed by atoms with Crippen LogP contribution in [0.1, 0.15) is 43.2 Å². The first-order valence-electron chi connectivity index (χ1n) is 10.7. The SMILES string of the molecule is O=C(CSCc1cccc(Cl)c1)N/N=C\c1ccc(OCC(=O)NC2CCCCC2)cc1. The topological polar surface area (TPSA) is 79.8 Å². The average molecular weight is 474 g/mol. The van der Waals surface area contributed by atoms with Gasteiger partial charge in [-0.05, 0) is 60.4 Å². The van der Waals surface area contributed by atoms with Crippen molar-refractivity contribution in [2.75, 3.05) is 12.4 Å². The number of hydrogen-bond donors (Lipinski definition) is 2. The summed E-state index contributed by atoms with van der Waals surface area (Å²) in [6.45, 7) is 0.00679. The molecule has 2 N–H and O–H groups in total. The molecule has 0 heterocycles. The molecule has 1 fully saturated rings. The number of nitrogens with one attached hydrogen (secondary N) is 2. The van der Waals surface area contributed by atoms with E-state index in [-0.39, 0.29) is 24.5 Å². The molecule has 1 saturated carbocycles. The van der Waals surface area contributed by atoms with Crippen LogP contribution in [0.25, 0.3) is 0 Å². The lowest BCUT2D eigenvalue weighted by atomic mass is 9.95. The molecule has 0 aromatic heterocycles. The van der Waals surface area contributed by atoms with Gasteiger partial charge in [0.15, 0.2) is 6.61 Å². The zero-order chi connectivity index (χ0) is 22.6. The molecule has 0 radical (unpaired) electrons. The number of halogens is 1. The molecule has 1 aliphatic rings. The summed E-state index contributed by atoms with van der Waals surface area (Å²) in [5.74, 6) is 1.37. The summed E-state index contributed by atoms with van der Waals surface area (Å²) in [5, 5.41) is 7.71. The quantitative estimate of drug-likeness (QED) is 0.392. The van der Waals surface area contributed by atoms with E-state index in [9.17, 15) is 9.59 Å². The van der Waals surface area contributed by atoms with E-state index >= 15 is 0 Å². The minimum absolute atomic E-state index is 0.00679. The third kappa shape index (κ3) is 8.93. The summed E-state index contributed by atoms with van der Waals surface area (Å²) in [7, 11) is 0. The number of ether oxygens (including phenoxy) is 1. The first-order valence-corrected chi connectivity index (χ1v) is 12.3. The maximum atomic E-state index is 12.0. The van der Waals surface area contributed by atoms with Crippen LogP contribution in [-0.4, -0.2) is 36.4 Å². The normalized spacial score (nSPS) is 14.3. The second-order valence-corrected chi connectivity index (χ2v) is 9.10. The average Bonchev–Trinajstić information content (AvgIpc) is 2.79. The first kappa shape index (κ1) is 24.1. The van der Waals surface area contributed by atoms with Crippen LogP contribution in [0.2, 0.25) is 5.02 Å². The second-order valence-electron chi connectivity index (χ2n) is 7.68. The first-order chi connectivity index (χ1) is 15.6. The number of carbonyl (C=O) groups is 2. The van der Waals surface area contributed by atoms with E-state index in [4.69, 9.17) is 16.3 Å². The van der Waals surface area contributed by atoms with Crippen LogP contribution in [0.3, 0.4) is 0 Å². The Balaban J connectivity index is 1.32. The molecule has 32 heavy (non-hydrogen) atoms. The third-order valence-electron chi connectivity index (χ3n) is 5.01. The maximum absolute atomic E-state index is 12.0. The van der Waals surface area contributed by atoms with Gasteiger partial charge in [-0.15, -0.1) is 11.8 Å². The van der Waals surface area contributed by atoms with Crippen LogP contribution < -0.4 is 15.5 Å². The molecular weight excluding hydrogens is 446 g/mol. The van der Waals surface area contributed by atoms with Crippen LogP contribution in [0.4, 0.5) is 0 Å². The summed E-state index contributed by atoms with van der Waals surface area (Å²) in [6.07, 6.45) is 7.28. The third-order valence-corrected chi connectivity index (χ3v) is 6.25. The number of thioether (sulfide) groups is 1. The fourth-order valence-corrected chi connectivity index (χ4v) is 4.39. The van der Waals surface area contributed by atoms with E-state index in [1.165, 1.54) is 31.0 Å². The molecule has 2 aromatic rings. The Labute approximate surface area is 198 Å². The zero-order valence-corrected chi connectivity index (χ0v) is 19.5. The van der Waals surface area contributed by atoms with Gasteiger partial charge in [0.1, 0.15) is 5.75 Å². The summed E-state index contributed by atoms with van der Waals surface area (Å²) in [5.41, 5.74) is 4.41. The Morgan fingerprint density at radius 2 is 1.88 bits per heavy atom. The maximum Gasteiger partial charge on any atom is 0.258 e. The van der Waals surface area contributed by atoms with Gasteiger partial charge in [0.05, 0.1) is 12.0 Å². The van der Waals surface area contributed by atoms with E-state index in [0.717, 1.165) is 24.0 Å². The van der Waals surface area contributed by atoms with Crippen LogP contribution in [0, 0.1) is 0 Å². The fraction of sp³-hybridized carbons (Fsp3) is 0.375. The van der Waals surface area contributed by atoms with Crippen molar-refractivity contribution in [2.24, 2.45) is 5.10 Å². The molecule has 170 valence electrons. The van der Waals surface area contributed by atoms with Crippen LogP contribution in [-0.2, 0) is 15.3 Å². The molecule has 0 aliphatic heterocycles. The molecule has 8 heteroatoms. The molecule has 0 saturated heterocycles. The van der Waals surface area contributed by atoms with Gasteiger partial charge < -0.3 is 10.1 Å². The van der Waals surface area contributed by atoms with Crippen LogP contribution in [0.5, 0.6) is 5.75 Å². The Kier molecular flexibility index (Phi) is 9.91. The molecule has 0 atom stereocenters. The van der Waals surface area contributed by atoms with Crippen LogP contribution >= 0.6 is 23.4 Å². The number of nitrogens with zero attached hydrogens (tertiary/aromatic N) is 1. The van der Waals surface area contributed by atoms with Gasteiger partial charge in [0.2, 0.25) is 5.91 Å². The molecule has 3 rings (SSSR count). The van der Waals surface area contributed by atoms with Gasteiger partial charge in [-0.3, -0.25) is 9.59 Å². The van der Waals surface area contributed by atoms with Crippen molar-refractivity contribution in [2.45, 2.75) is 43.9 Å². The number of amides is 2.